The van der Waals surface area contributed by atoms with Crippen molar-refractivity contribution >= 4 is 0 Å². The van der Waals surface area contributed by atoms with Crippen LogP contribution in [0.5, 0.6) is 0 Å². The van der Waals surface area contributed by atoms with Gasteiger partial charge in [0.05, 0.1) is 11.6 Å². The molecule has 1 saturated heterocycles. The van der Waals surface area contributed by atoms with E-state index in [1.54, 1.807) is 7.05 Å². The van der Waals surface area contributed by atoms with E-state index in [-0.39, 0.29) is 5.56 Å². The van der Waals surface area contributed by atoms with E-state index in [9.17, 15) is 13.2 Å². The summed E-state index contributed by atoms with van der Waals surface area (Å²) in [5, 5.41) is 2.87. The summed E-state index contributed by atoms with van der Waals surface area (Å²) in [6, 6.07) is 0.753. The Kier molecular flexibility index (Phi) is 3.64. The Morgan fingerprint density at radius 2 is 1.89 bits per heavy atom. The lowest BCUT2D eigenvalue weighted by Crippen LogP contribution is -2.40. The van der Waals surface area contributed by atoms with Crippen LogP contribution in [-0.4, -0.2) is 19.3 Å². The number of hydrogen-bond donors (Lipinski definition) is 1. The molecule has 1 aliphatic heterocycles. The molecule has 1 N–H and O–H groups in total. The molecule has 2 rings (SSSR count). The molecule has 0 bridgehead atoms. The van der Waals surface area contributed by atoms with Gasteiger partial charge in [-0.2, -0.15) is 0 Å². The molecule has 0 radical (unpaired) electrons. The fourth-order valence-corrected chi connectivity index (χ4v) is 2.61. The lowest BCUT2D eigenvalue weighted by molar-refractivity contribution is -0.0124. The third kappa shape index (κ3) is 2.24. The minimum atomic E-state index is -0.916. The molecule has 5 heteroatoms. The molecule has 2 unspecified atom stereocenters. The Balaban J connectivity index is 2.45. The highest BCUT2D eigenvalue weighted by atomic mass is 19.1. The molecular weight excluding hydrogens is 243 g/mol. The number of likely N-dealkylation sites (N-methyl/N-ethyl adjacent to an activating group) is 1. The Hall–Kier alpha value is -1.07. The monoisotopic (exact) mass is 259 g/mol. The zero-order chi connectivity index (χ0) is 13.3. The van der Waals surface area contributed by atoms with Crippen LogP contribution in [-0.2, 0) is 4.74 Å². The second-order valence-electron chi connectivity index (χ2n) is 4.77. The van der Waals surface area contributed by atoms with Crippen molar-refractivity contribution in [3.63, 3.8) is 0 Å². The van der Waals surface area contributed by atoms with Gasteiger partial charge < -0.3 is 10.1 Å². The van der Waals surface area contributed by atoms with Gasteiger partial charge in [0.2, 0.25) is 0 Å². The van der Waals surface area contributed by atoms with E-state index in [4.69, 9.17) is 4.74 Å². The highest BCUT2D eigenvalue weighted by Gasteiger charge is 2.41. The summed E-state index contributed by atoms with van der Waals surface area (Å²) >= 11 is 0. The van der Waals surface area contributed by atoms with Crippen LogP contribution < -0.4 is 5.32 Å². The van der Waals surface area contributed by atoms with Crippen molar-refractivity contribution in [2.45, 2.75) is 31.4 Å². The van der Waals surface area contributed by atoms with Gasteiger partial charge in [0.25, 0.3) is 0 Å². The van der Waals surface area contributed by atoms with Crippen molar-refractivity contribution in [3.05, 3.63) is 35.1 Å². The third-order valence-electron chi connectivity index (χ3n) is 3.48. The van der Waals surface area contributed by atoms with Crippen molar-refractivity contribution < 1.29 is 17.9 Å². The van der Waals surface area contributed by atoms with Crippen molar-refractivity contribution in [2.75, 3.05) is 13.7 Å². The fraction of sp³-hybridized carbons (Fsp3) is 0.538. The molecule has 1 fully saturated rings. The van der Waals surface area contributed by atoms with Crippen molar-refractivity contribution in [3.8, 4) is 0 Å². The summed E-state index contributed by atoms with van der Waals surface area (Å²) in [7, 11) is 1.61. The van der Waals surface area contributed by atoms with Crippen LogP contribution in [0.1, 0.15) is 31.4 Å². The van der Waals surface area contributed by atoms with Gasteiger partial charge in [0.15, 0.2) is 0 Å². The maximum absolute atomic E-state index is 13.8. The van der Waals surface area contributed by atoms with Crippen LogP contribution in [0.4, 0.5) is 13.2 Å². The number of nitrogens with one attached hydrogen (secondary N) is 1. The van der Waals surface area contributed by atoms with E-state index < -0.39 is 29.1 Å². The summed E-state index contributed by atoms with van der Waals surface area (Å²) in [5.41, 5.74) is -0.836. The Morgan fingerprint density at radius 1 is 1.28 bits per heavy atom. The first-order valence-electron chi connectivity index (χ1n) is 5.93. The van der Waals surface area contributed by atoms with Gasteiger partial charge in [-0.1, -0.05) is 0 Å². The molecule has 100 valence electrons. The highest BCUT2D eigenvalue weighted by Crippen LogP contribution is 2.39. The molecule has 2 nitrogen and oxygen atoms in total. The molecule has 0 spiro atoms. The largest absolute Gasteiger partial charge is 0.373 e. The molecule has 0 saturated carbocycles. The summed E-state index contributed by atoms with van der Waals surface area (Å²) in [4.78, 5) is 0. The van der Waals surface area contributed by atoms with E-state index in [0.29, 0.717) is 25.2 Å². The molecular formula is C13H16F3NO. The quantitative estimate of drug-likeness (QED) is 0.901. The second kappa shape index (κ2) is 4.90. The average Bonchev–Trinajstić information content (AvgIpc) is 2.71. The normalized spacial score (nSPS) is 25.4. The van der Waals surface area contributed by atoms with Crippen LogP contribution in [0, 0.1) is 17.5 Å². The number of ether oxygens (including phenoxy) is 1. The number of rotatable bonds is 3. The first-order chi connectivity index (χ1) is 8.48. The van der Waals surface area contributed by atoms with E-state index in [1.165, 1.54) is 0 Å². The lowest BCUT2D eigenvalue weighted by Gasteiger charge is -2.33. The zero-order valence-corrected chi connectivity index (χ0v) is 10.4. The van der Waals surface area contributed by atoms with Crippen LogP contribution in [0.2, 0.25) is 0 Å². The fourth-order valence-electron chi connectivity index (χ4n) is 2.61. The molecule has 1 heterocycles. The zero-order valence-electron chi connectivity index (χ0n) is 10.4. The van der Waals surface area contributed by atoms with Gasteiger partial charge >= 0.3 is 0 Å². The van der Waals surface area contributed by atoms with Gasteiger partial charge in [0.1, 0.15) is 17.5 Å². The Bertz CT molecular complexity index is 421. The summed E-state index contributed by atoms with van der Waals surface area (Å²) in [6.45, 7) is 2.38. The SMILES string of the molecule is CNC(c1c(F)cc(F)cc1F)C1(C)CCCO1. The minimum Gasteiger partial charge on any atom is -0.373 e. The number of benzene rings is 1. The van der Waals surface area contributed by atoms with Crippen LogP contribution in [0.15, 0.2) is 12.1 Å². The van der Waals surface area contributed by atoms with Crippen molar-refractivity contribution in [1.29, 1.82) is 0 Å². The lowest BCUT2D eigenvalue weighted by atomic mass is 9.87. The van der Waals surface area contributed by atoms with Gasteiger partial charge in [-0.05, 0) is 26.8 Å². The van der Waals surface area contributed by atoms with Gasteiger partial charge in [-0.3, -0.25) is 0 Å². The third-order valence-corrected chi connectivity index (χ3v) is 3.48. The summed E-state index contributed by atoms with van der Waals surface area (Å²) < 4.78 is 46.1. The van der Waals surface area contributed by atoms with Crippen LogP contribution in [0.25, 0.3) is 0 Å². The standard InChI is InChI=1S/C13H16F3NO/c1-13(4-3-5-18-13)12(17-2)11-9(15)6-8(14)7-10(11)16/h6-7,12,17H,3-5H2,1-2H3. The maximum atomic E-state index is 13.8. The molecule has 1 aromatic rings. The van der Waals surface area contributed by atoms with Crippen LogP contribution >= 0.6 is 0 Å². The average molecular weight is 259 g/mol. The van der Waals surface area contributed by atoms with Gasteiger partial charge in [0, 0.05) is 24.3 Å². The Labute approximate surface area is 104 Å². The molecule has 0 aliphatic carbocycles. The van der Waals surface area contributed by atoms with Gasteiger partial charge in [-0.25, -0.2) is 13.2 Å². The summed E-state index contributed by atoms with van der Waals surface area (Å²) in [6.07, 6.45) is 1.55. The van der Waals surface area contributed by atoms with Crippen molar-refractivity contribution in [2.24, 2.45) is 0 Å². The molecule has 0 amide bonds. The van der Waals surface area contributed by atoms with E-state index >= 15 is 0 Å². The topological polar surface area (TPSA) is 21.3 Å². The smallest absolute Gasteiger partial charge is 0.133 e. The molecule has 1 aliphatic rings. The molecule has 18 heavy (non-hydrogen) atoms. The maximum Gasteiger partial charge on any atom is 0.133 e. The molecule has 1 aromatic carbocycles. The van der Waals surface area contributed by atoms with Gasteiger partial charge in [-0.15, -0.1) is 0 Å². The first kappa shape index (κ1) is 13.4. The number of hydrogen-bond acceptors (Lipinski definition) is 2. The van der Waals surface area contributed by atoms with E-state index in [0.717, 1.165) is 6.42 Å². The molecule has 0 aromatic heterocycles. The van der Waals surface area contributed by atoms with Crippen LogP contribution in [0.3, 0.4) is 0 Å². The van der Waals surface area contributed by atoms with E-state index in [1.807, 2.05) is 6.92 Å². The van der Waals surface area contributed by atoms with Crippen molar-refractivity contribution in [1.82, 2.24) is 5.32 Å². The second-order valence-corrected chi connectivity index (χ2v) is 4.77. The minimum absolute atomic E-state index is 0.164. The number of halogens is 3. The molecule has 2 atom stereocenters. The van der Waals surface area contributed by atoms with E-state index in [2.05, 4.69) is 5.32 Å². The summed E-state index contributed by atoms with van der Waals surface area (Å²) in [5.74, 6) is -2.69. The predicted octanol–water partition coefficient (Wildman–Crippen LogP) is 2.93. The first-order valence-corrected chi connectivity index (χ1v) is 5.93. The Morgan fingerprint density at radius 3 is 2.33 bits per heavy atom. The highest BCUT2D eigenvalue weighted by molar-refractivity contribution is 5.27. The predicted molar refractivity (Wildman–Crippen MR) is 61.7 cm³/mol.